The number of anilines is 2. The fourth-order valence-electron chi connectivity index (χ4n) is 3.81. The fraction of sp³-hybridized carbons (Fsp3) is 0.143. The van der Waals surface area contributed by atoms with E-state index in [4.69, 9.17) is 21.1 Å². The molecule has 0 radical (unpaired) electrons. The van der Waals surface area contributed by atoms with Gasteiger partial charge in [-0.1, -0.05) is 23.7 Å². The van der Waals surface area contributed by atoms with Gasteiger partial charge in [0.15, 0.2) is 11.5 Å². The molecule has 0 aliphatic rings. The Bertz CT molecular complexity index is 1540. The molecule has 8 nitrogen and oxygen atoms in total. The van der Waals surface area contributed by atoms with Gasteiger partial charge in [0.05, 0.1) is 29.0 Å². The third kappa shape index (κ3) is 5.96. The summed E-state index contributed by atoms with van der Waals surface area (Å²) in [5, 5.41) is 7.26. The Labute approximate surface area is 223 Å². The highest BCUT2D eigenvalue weighted by molar-refractivity contribution is 6.31. The van der Waals surface area contributed by atoms with E-state index in [0.717, 1.165) is 22.3 Å². The van der Waals surface area contributed by atoms with E-state index >= 15 is 0 Å². The van der Waals surface area contributed by atoms with Crippen molar-refractivity contribution in [2.75, 3.05) is 25.6 Å². The number of pyridine rings is 2. The van der Waals surface area contributed by atoms with Crippen LogP contribution in [0.1, 0.15) is 5.56 Å². The molecule has 3 heterocycles. The highest BCUT2D eigenvalue weighted by Crippen LogP contribution is 2.35. The van der Waals surface area contributed by atoms with Crippen molar-refractivity contribution in [2.24, 2.45) is 0 Å². The Kier molecular flexibility index (Phi) is 7.86. The SMILES string of the molecule is COc1cc2ncnc(Nc3ccc(F)c(Cl)c3)c2cc1OCCNCc1ccc(-c2ccccn2)nc1. The predicted molar refractivity (Wildman–Crippen MR) is 145 cm³/mol. The number of hydrogen-bond donors (Lipinski definition) is 2. The molecule has 3 aromatic heterocycles. The Morgan fingerprint density at radius 2 is 1.82 bits per heavy atom. The predicted octanol–water partition coefficient (Wildman–Crippen LogP) is 5.80. The van der Waals surface area contributed by atoms with E-state index in [0.29, 0.717) is 48.2 Å². The number of fused-ring (bicyclic) bond motifs is 1. The third-order valence-corrected chi connectivity index (χ3v) is 6.01. The van der Waals surface area contributed by atoms with E-state index in [2.05, 4.69) is 30.6 Å². The van der Waals surface area contributed by atoms with Crippen LogP contribution in [0.5, 0.6) is 11.5 Å². The monoisotopic (exact) mass is 530 g/mol. The maximum atomic E-state index is 13.6. The van der Waals surface area contributed by atoms with Crippen molar-refractivity contribution in [1.29, 1.82) is 0 Å². The van der Waals surface area contributed by atoms with Crippen molar-refractivity contribution in [3.63, 3.8) is 0 Å². The van der Waals surface area contributed by atoms with Gasteiger partial charge in [-0.3, -0.25) is 9.97 Å². The zero-order valence-corrected chi connectivity index (χ0v) is 21.2. The Hall–Kier alpha value is -4.34. The number of rotatable bonds is 10. The normalized spacial score (nSPS) is 10.9. The molecule has 0 fully saturated rings. The van der Waals surface area contributed by atoms with Gasteiger partial charge in [0.1, 0.15) is 24.6 Å². The van der Waals surface area contributed by atoms with E-state index < -0.39 is 5.82 Å². The van der Waals surface area contributed by atoms with Crippen molar-refractivity contribution in [2.45, 2.75) is 6.54 Å². The summed E-state index contributed by atoms with van der Waals surface area (Å²) in [6, 6.07) is 17.7. The van der Waals surface area contributed by atoms with Gasteiger partial charge in [-0.2, -0.15) is 0 Å². The van der Waals surface area contributed by atoms with Crippen molar-refractivity contribution in [3.8, 4) is 22.9 Å². The van der Waals surface area contributed by atoms with Crippen molar-refractivity contribution >= 4 is 34.0 Å². The molecule has 2 N–H and O–H groups in total. The molecule has 0 aliphatic heterocycles. The van der Waals surface area contributed by atoms with Crippen LogP contribution in [0.4, 0.5) is 15.9 Å². The van der Waals surface area contributed by atoms with Gasteiger partial charge < -0.3 is 20.1 Å². The number of benzene rings is 2. The lowest BCUT2D eigenvalue weighted by Gasteiger charge is -2.14. The van der Waals surface area contributed by atoms with Gasteiger partial charge in [0.25, 0.3) is 0 Å². The van der Waals surface area contributed by atoms with Crippen molar-refractivity contribution in [1.82, 2.24) is 25.3 Å². The highest BCUT2D eigenvalue weighted by Gasteiger charge is 2.13. The van der Waals surface area contributed by atoms with E-state index in [9.17, 15) is 4.39 Å². The number of aromatic nitrogens is 4. The first-order chi connectivity index (χ1) is 18.6. The van der Waals surface area contributed by atoms with Gasteiger partial charge in [-0.25, -0.2) is 14.4 Å². The third-order valence-electron chi connectivity index (χ3n) is 5.72. The maximum absolute atomic E-state index is 13.6. The lowest BCUT2D eigenvalue weighted by molar-refractivity contribution is 0.292. The van der Waals surface area contributed by atoms with Gasteiger partial charge in [0, 0.05) is 42.6 Å². The molecule has 5 aromatic rings. The lowest BCUT2D eigenvalue weighted by Crippen LogP contribution is -2.20. The van der Waals surface area contributed by atoms with Crippen LogP contribution in [0.15, 0.2) is 79.4 Å². The van der Waals surface area contributed by atoms with Gasteiger partial charge in [0.2, 0.25) is 0 Å². The molecule has 0 atom stereocenters. The van der Waals surface area contributed by atoms with Crippen LogP contribution in [0.2, 0.25) is 5.02 Å². The van der Waals surface area contributed by atoms with Gasteiger partial charge in [-0.05, 0) is 48.0 Å². The molecule has 0 spiro atoms. The first-order valence-electron chi connectivity index (χ1n) is 11.9. The van der Waals surface area contributed by atoms with Crippen molar-refractivity contribution in [3.05, 3.63) is 95.8 Å². The van der Waals surface area contributed by atoms with Crippen LogP contribution in [0.3, 0.4) is 0 Å². The van der Waals surface area contributed by atoms with Gasteiger partial charge >= 0.3 is 0 Å². The number of nitrogens with one attached hydrogen (secondary N) is 2. The Balaban J connectivity index is 1.22. The smallest absolute Gasteiger partial charge is 0.162 e. The summed E-state index contributed by atoms with van der Waals surface area (Å²) in [5.74, 6) is 1.15. The minimum absolute atomic E-state index is 0.0199. The van der Waals surface area contributed by atoms with E-state index in [-0.39, 0.29) is 5.02 Å². The molecular formula is C28H24ClFN6O2. The number of halogens is 2. The molecule has 38 heavy (non-hydrogen) atoms. The summed E-state index contributed by atoms with van der Waals surface area (Å²) < 4.78 is 25.1. The zero-order chi connectivity index (χ0) is 26.3. The Morgan fingerprint density at radius 1 is 0.921 bits per heavy atom. The van der Waals surface area contributed by atoms with Crippen LogP contribution in [0, 0.1) is 5.82 Å². The highest BCUT2D eigenvalue weighted by atomic mass is 35.5. The molecule has 5 rings (SSSR count). The van der Waals surface area contributed by atoms with Crippen LogP contribution < -0.4 is 20.1 Å². The summed E-state index contributed by atoms with van der Waals surface area (Å²) in [6.45, 7) is 1.66. The van der Waals surface area contributed by atoms with Crippen LogP contribution >= 0.6 is 11.6 Å². The van der Waals surface area contributed by atoms with Crippen LogP contribution in [-0.2, 0) is 6.54 Å². The number of ether oxygens (including phenoxy) is 2. The lowest BCUT2D eigenvalue weighted by atomic mass is 10.2. The molecule has 0 saturated carbocycles. The largest absolute Gasteiger partial charge is 0.493 e. The average molecular weight is 531 g/mol. The Morgan fingerprint density at radius 3 is 2.58 bits per heavy atom. The number of methoxy groups -OCH3 is 1. The van der Waals surface area contributed by atoms with Crippen LogP contribution in [-0.4, -0.2) is 40.2 Å². The molecule has 0 bridgehead atoms. The number of hydrogen-bond acceptors (Lipinski definition) is 8. The second kappa shape index (κ2) is 11.8. The van der Waals surface area contributed by atoms with Crippen LogP contribution in [0.25, 0.3) is 22.3 Å². The van der Waals surface area contributed by atoms with E-state index in [1.165, 1.54) is 18.5 Å². The maximum Gasteiger partial charge on any atom is 0.162 e. The topological polar surface area (TPSA) is 94.1 Å². The summed E-state index contributed by atoms with van der Waals surface area (Å²) in [6.07, 6.45) is 5.04. The minimum atomic E-state index is -0.489. The summed E-state index contributed by atoms with van der Waals surface area (Å²) in [5.41, 5.74) is 4.00. The number of nitrogens with zero attached hydrogens (tertiary/aromatic N) is 4. The fourth-order valence-corrected chi connectivity index (χ4v) is 3.99. The molecule has 2 aromatic carbocycles. The second-order valence-corrected chi connectivity index (χ2v) is 8.70. The van der Waals surface area contributed by atoms with Crippen molar-refractivity contribution < 1.29 is 13.9 Å². The quantitative estimate of drug-likeness (QED) is 0.219. The first-order valence-corrected chi connectivity index (χ1v) is 12.2. The zero-order valence-electron chi connectivity index (χ0n) is 20.5. The second-order valence-electron chi connectivity index (χ2n) is 8.29. The molecule has 0 saturated heterocycles. The molecule has 0 unspecified atom stereocenters. The molecular weight excluding hydrogens is 507 g/mol. The molecule has 192 valence electrons. The average Bonchev–Trinajstić information content (AvgIpc) is 2.95. The summed E-state index contributed by atoms with van der Waals surface area (Å²) in [7, 11) is 1.58. The van der Waals surface area contributed by atoms with E-state index in [1.807, 2.05) is 42.6 Å². The standard InChI is InChI=1S/C28H24ClFN6O2/c1-37-26-14-25-20(28(35-17-34-25)36-19-6-7-22(30)21(29)12-19)13-27(26)38-11-10-31-15-18-5-8-24(33-16-18)23-4-2-3-9-32-23/h2-9,12-14,16-17,31H,10-11,15H2,1H3,(H,34,35,36). The molecule has 0 aliphatic carbocycles. The molecule has 10 heteroatoms. The summed E-state index contributed by atoms with van der Waals surface area (Å²) in [4.78, 5) is 17.5. The first kappa shape index (κ1) is 25.3. The van der Waals surface area contributed by atoms with E-state index in [1.54, 1.807) is 25.4 Å². The minimum Gasteiger partial charge on any atom is -0.493 e. The molecule has 0 amide bonds. The summed E-state index contributed by atoms with van der Waals surface area (Å²) >= 11 is 5.92. The van der Waals surface area contributed by atoms with Gasteiger partial charge in [-0.15, -0.1) is 0 Å².